The van der Waals surface area contributed by atoms with Crippen molar-refractivity contribution in [3.8, 4) is 0 Å². The summed E-state index contributed by atoms with van der Waals surface area (Å²) in [7, 11) is 0. The minimum Gasteiger partial charge on any atom is -0.386 e. The third kappa shape index (κ3) is 6.79. The van der Waals surface area contributed by atoms with E-state index in [1.54, 1.807) is 11.3 Å². The Labute approximate surface area is 169 Å². The Morgan fingerprint density at radius 1 is 1.20 bits per heavy atom. The van der Waals surface area contributed by atoms with Crippen LogP contribution in [0.2, 0.25) is 0 Å². The fourth-order valence-corrected chi connectivity index (χ4v) is 3.26. The second-order valence-electron chi connectivity index (χ2n) is 5.23. The molecule has 8 heteroatoms. The van der Waals surface area contributed by atoms with Crippen LogP contribution in [0.15, 0.2) is 35.3 Å². The third-order valence-corrected chi connectivity index (χ3v) is 4.55. The third-order valence-electron chi connectivity index (χ3n) is 3.33. The predicted molar refractivity (Wildman–Crippen MR) is 115 cm³/mol. The van der Waals surface area contributed by atoms with Gasteiger partial charge in [-0.25, -0.2) is 4.99 Å². The molecule has 1 atom stereocenters. The molecule has 0 saturated carbocycles. The van der Waals surface area contributed by atoms with E-state index in [1.807, 2.05) is 44.2 Å². The number of rotatable bonds is 7. The maximum absolute atomic E-state index is 11.5. The molecule has 138 valence electrons. The summed E-state index contributed by atoms with van der Waals surface area (Å²) in [6.45, 7) is 5.47. The Morgan fingerprint density at radius 3 is 2.60 bits per heavy atom. The van der Waals surface area contributed by atoms with Gasteiger partial charge in [-0.2, -0.15) is 0 Å². The fraction of sp³-hybridized carbons (Fsp3) is 0.412. The van der Waals surface area contributed by atoms with Crippen molar-refractivity contribution >= 4 is 57.3 Å². The van der Waals surface area contributed by atoms with Crippen LogP contribution in [-0.2, 0) is 4.79 Å². The molecule has 0 aliphatic rings. The number of hydrogen-bond acceptors (Lipinski definition) is 4. The number of nitrogens with one attached hydrogen (secondary N) is 3. The zero-order chi connectivity index (χ0) is 17.4. The molecule has 0 aliphatic carbocycles. The molecule has 1 aromatic carbocycles. The van der Waals surface area contributed by atoms with Crippen LogP contribution in [0.5, 0.6) is 0 Å². The lowest BCUT2D eigenvalue weighted by Crippen LogP contribution is -2.40. The first kappa shape index (κ1) is 21.7. The van der Waals surface area contributed by atoms with Crippen molar-refractivity contribution in [2.24, 2.45) is 4.99 Å². The van der Waals surface area contributed by atoms with Crippen molar-refractivity contribution in [2.45, 2.75) is 20.0 Å². The molecule has 0 bridgehead atoms. The number of fused-ring (bicyclic) bond motifs is 1. The van der Waals surface area contributed by atoms with E-state index in [1.165, 1.54) is 0 Å². The molecular weight excluding hydrogens is 451 g/mol. The van der Waals surface area contributed by atoms with Crippen molar-refractivity contribution in [3.05, 3.63) is 35.2 Å². The molecule has 1 amide bonds. The Bertz CT molecular complexity index is 672. The highest BCUT2D eigenvalue weighted by Gasteiger charge is 2.12. The van der Waals surface area contributed by atoms with E-state index in [2.05, 4.69) is 20.9 Å². The summed E-state index contributed by atoms with van der Waals surface area (Å²) in [6, 6.07) is 10.1. The fourth-order valence-electron chi connectivity index (χ4n) is 2.21. The number of halogens is 1. The molecule has 1 aromatic heterocycles. The van der Waals surface area contributed by atoms with E-state index in [0.717, 1.165) is 15.0 Å². The lowest BCUT2D eigenvalue weighted by Gasteiger charge is -2.14. The van der Waals surface area contributed by atoms with Crippen molar-refractivity contribution in [1.82, 2.24) is 16.0 Å². The van der Waals surface area contributed by atoms with E-state index >= 15 is 0 Å². The lowest BCUT2D eigenvalue weighted by atomic mass is 10.2. The highest BCUT2D eigenvalue weighted by Crippen LogP contribution is 2.29. The summed E-state index contributed by atoms with van der Waals surface area (Å²) in [6.07, 6.45) is -0.629. The number of aliphatic imine (C=N–C) groups is 1. The van der Waals surface area contributed by atoms with Gasteiger partial charge in [0.15, 0.2) is 5.96 Å². The Hall–Kier alpha value is -1.39. The highest BCUT2D eigenvalue weighted by molar-refractivity contribution is 14.0. The summed E-state index contributed by atoms with van der Waals surface area (Å²) >= 11 is 1.58. The van der Waals surface area contributed by atoms with Gasteiger partial charge in [0.1, 0.15) is 12.6 Å². The number of nitrogens with zero attached hydrogens (tertiary/aromatic N) is 1. The molecule has 6 nitrogen and oxygen atoms in total. The van der Waals surface area contributed by atoms with Gasteiger partial charge < -0.3 is 21.1 Å². The van der Waals surface area contributed by atoms with E-state index in [0.29, 0.717) is 25.6 Å². The summed E-state index contributed by atoms with van der Waals surface area (Å²) in [5.41, 5.74) is 0. The van der Waals surface area contributed by atoms with E-state index < -0.39 is 6.10 Å². The quantitative estimate of drug-likeness (QED) is 0.281. The number of guanidine groups is 1. The summed E-state index contributed by atoms with van der Waals surface area (Å²) in [5, 5.41) is 20.4. The van der Waals surface area contributed by atoms with Gasteiger partial charge in [-0.15, -0.1) is 35.3 Å². The Kier molecular flexibility index (Phi) is 9.76. The maximum Gasteiger partial charge on any atom is 0.241 e. The van der Waals surface area contributed by atoms with Crippen LogP contribution in [0.1, 0.15) is 24.8 Å². The van der Waals surface area contributed by atoms with Crippen molar-refractivity contribution < 1.29 is 9.90 Å². The van der Waals surface area contributed by atoms with Crippen LogP contribution in [0.3, 0.4) is 0 Å². The van der Waals surface area contributed by atoms with Crippen LogP contribution in [0, 0.1) is 0 Å². The van der Waals surface area contributed by atoms with Crippen LogP contribution >= 0.6 is 35.3 Å². The number of carbonyl (C=O) groups excluding carboxylic acids is 1. The summed E-state index contributed by atoms with van der Waals surface area (Å²) in [4.78, 5) is 16.6. The van der Waals surface area contributed by atoms with Gasteiger partial charge in [0, 0.05) is 29.2 Å². The molecule has 1 heterocycles. The zero-order valence-electron chi connectivity index (χ0n) is 14.4. The van der Waals surface area contributed by atoms with Gasteiger partial charge in [0.25, 0.3) is 0 Å². The predicted octanol–water partition coefficient (Wildman–Crippen LogP) is 2.24. The molecule has 0 radical (unpaired) electrons. The standard InChI is InChI=1S/C17H24N4O2S.HI/c1-3-18-16(23)11-21-17(19-4-2)20-10-13(22)15-9-12-7-5-6-8-14(12)24-15;/h5-9,13,22H,3-4,10-11H2,1-2H3,(H,18,23)(H2,19,20,21);1H. The van der Waals surface area contributed by atoms with Crippen LogP contribution in [0.4, 0.5) is 0 Å². The number of carbonyl (C=O) groups is 1. The molecule has 4 N–H and O–H groups in total. The van der Waals surface area contributed by atoms with Crippen LogP contribution in [-0.4, -0.2) is 43.2 Å². The molecule has 0 spiro atoms. The molecule has 0 saturated heterocycles. The number of benzene rings is 1. The topological polar surface area (TPSA) is 85.8 Å². The number of likely N-dealkylation sites (N-methyl/N-ethyl adjacent to an activating group) is 1. The molecule has 0 fully saturated rings. The van der Waals surface area contributed by atoms with E-state index in [-0.39, 0.29) is 36.4 Å². The maximum atomic E-state index is 11.5. The molecule has 1 unspecified atom stereocenters. The number of hydrogen-bond donors (Lipinski definition) is 4. The van der Waals surface area contributed by atoms with Crippen molar-refractivity contribution in [2.75, 3.05) is 26.2 Å². The first-order chi connectivity index (χ1) is 11.6. The average molecular weight is 476 g/mol. The minimum absolute atomic E-state index is 0. The number of aliphatic hydroxyl groups is 1. The van der Waals surface area contributed by atoms with Crippen LogP contribution < -0.4 is 16.0 Å². The van der Waals surface area contributed by atoms with Crippen LogP contribution in [0.25, 0.3) is 10.1 Å². The van der Waals surface area contributed by atoms with Gasteiger partial charge in [0.05, 0.1) is 0 Å². The largest absolute Gasteiger partial charge is 0.386 e. The Morgan fingerprint density at radius 2 is 1.92 bits per heavy atom. The first-order valence-electron chi connectivity index (χ1n) is 8.09. The van der Waals surface area contributed by atoms with Gasteiger partial charge in [-0.3, -0.25) is 4.79 Å². The molecule has 2 rings (SSSR count). The van der Waals surface area contributed by atoms with E-state index in [4.69, 9.17) is 0 Å². The number of amides is 1. The monoisotopic (exact) mass is 476 g/mol. The highest BCUT2D eigenvalue weighted by atomic mass is 127. The molecular formula is C17H25IN4O2S. The van der Waals surface area contributed by atoms with Gasteiger partial charge in [-0.05, 0) is 31.4 Å². The number of thiophene rings is 1. The second kappa shape index (κ2) is 11.3. The summed E-state index contributed by atoms with van der Waals surface area (Å²) < 4.78 is 1.16. The van der Waals surface area contributed by atoms with Gasteiger partial charge in [0.2, 0.25) is 5.91 Å². The molecule has 2 aromatic rings. The minimum atomic E-state index is -0.629. The van der Waals surface area contributed by atoms with Crippen molar-refractivity contribution in [1.29, 1.82) is 0 Å². The smallest absolute Gasteiger partial charge is 0.241 e. The number of aliphatic hydroxyl groups excluding tert-OH is 1. The average Bonchev–Trinajstić information content (AvgIpc) is 3.01. The van der Waals surface area contributed by atoms with Gasteiger partial charge in [-0.1, -0.05) is 18.2 Å². The SMILES string of the molecule is CCNC(=O)CN=C(NCC)NCC(O)c1cc2ccccc2s1.I. The lowest BCUT2D eigenvalue weighted by molar-refractivity contribution is -0.119. The molecule has 25 heavy (non-hydrogen) atoms. The first-order valence-corrected chi connectivity index (χ1v) is 8.91. The normalized spacial score (nSPS) is 12.4. The van der Waals surface area contributed by atoms with Gasteiger partial charge >= 0.3 is 0 Å². The zero-order valence-corrected chi connectivity index (χ0v) is 17.6. The van der Waals surface area contributed by atoms with E-state index in [9.17, 15) is 9.90 Å². The second-order valence-corrected chi connectivity index (χ2v) is 6.35. The Balaban J connectivity index is 0.00000312. The molecule has 0 aliphatic heterocycles. The van der Waals surface area contributed by atoms with Crippen molar-refractivity contribution in [3.63, 3.8) is 0 Å². The summed E-state index contributed by atoms with van der Waals surface area (Å²) in [5.74, 6) is 0.392.